The highest BCUT2D eigenvalue weighted by Gasteiger charge is 2.17. The molecule has 130 valence electrons. The molecular formula is C21H24N2O2. The predicted octanol–water partition coefficient (Wildman–Crippen LogP) is 3.72. The molecule has 3 rings (SSSR count). The molecule has 0 bridgehead atoms. The summed E-state index contributed by atoms with van der Waals surface area (Å²) in [6, 6.07) is 16.9. The molecule has 0 radical (unpaired) electrons. The first kappa shape index (κ1) is 17.2. The molecule has 0 atom stereocenters. The topological polar surface area (TPSA) is 45.5 Å². The summed E-state index contributed by atoms with van der Waals surface area (Å²) in [5, 5.41) is 11.5. The number of aromatic hydroxyl groups is 1. The fourth-order valence-corrected chi connectivity index (χ4v) is 3.26. The van der Waals surface area contributed by atoms with Gasteiger partial charge in [-0.3, -0.25) is 4.79 Å². The van der Waals surface area contributed by atoms with Crippen molar-refractivity contribution >= 4 is 10.9 Å². The van der Waals surface area contributed by atoms with Crippen molar-refractivity contribution in [3.63, 3.8) is 0 Å². The molecule has 0 saturated heterocycles. The highest BCUT2D eigenvalue weighted by molar-refractivity contribution is 5.92. The van der Waals surface area contributed by atoms with Crippen molar-refractivity contribution in [2.24, 2.45) is 0 Å². The number of hydrogen-bond acceptors (Lipinski definition) is 3. The molecule has 0 aliphatic rings. The summed E-state index contributed by atoms with van der Waals surface area (Å²) in [6.45, 7) is 7.55. The zero-order valence-corrected chi connectivity index (χ0v) is 14.8. The second-order valence-electron chi connectivity index (χ2n) is 6.09. The lowest BCUT2D eigenvalue weighted by Crippen LogP contribution is -2.31. The van der Waals surface area contributed by atoms with Crippen LogP contribution in [0.3, 0.4) is 0 Å². The van der Waals surface area contributed by atoms with E-state index in [1.54, 1.807) is 4.57 Å². The fraction of sp³-hybridized carbons (Fsp3) is 0.286. The van der Waals surface area contributed by atoms with E-state index in [1.807, 2.05) is 54.6 Å². The third-order valence-electron chi connectivity index (χ3n) is 4.74. The van der Waals surface area contributed by atoms with Crippen molar-refractivity contribution in [2.45, 2.75) is 20.4 Å². The van der Waals surface area contributed by atoms with Crippen LogP contribution in [0.15, 0.2) is 59.4 Å². The molecule has 0 aliphatic carbocycles. The van der Waals surface area contributed by atoms with Crippen LogP contribution < -0.4 is 5.56 Å². The SMILES string of the molecule is CCN(CC)CCn1c(=O)c(-c2ccccc2)c(O)c2ccccc21. The molecule has 2 aromatic carbocycles. The van der Waals surface area contributed by atoms with Crippen LogP contribution in [-0.4, -0.2) is 34.2 Å². The molecule has 4 nitrogen and oxygen atoms in total. The Balaban J connectivity index is 2.20. The van der Waals surface area contributed by atoms with Crippen molar-refractivity contribution in [3.8, 4) is 16.9 Å². The van der Waals surface area contributed by atoms with Gasteiger partial charge in [0.1, 0.15) is 5.75 Å². The molecule has 0 unspecified atom stereocenters. The van der Waals surface area contributed by atoms with Crippen molar-refractivity contribution in [2.75, 3.05) is 19.6 Å². The highest BCUT2D eigenvalue weighted by atomic mass is 16.3. The van der Waals surface area contributed by atoms with Gasteiger partial charge in [-0.2, -0.15) is 0 Å². The summed E-state index contributed by atoms with van der Waals surface area (Å²) in [7, 11) is 0. The quantitative estimate of drug-likeness (QED) is 0.746. The minimum absolute atomic E-state index is 0.0610. The lowest BCUT2D eigenvalue weighted by atomic mass is 10.0. The highest BCUT2D eigenvalue weighted by Crippen LogP contribution is 2.32. The molecule has 0 amide bonds. The van der Waals surface area contributed by atoms with Crippen LogP contribution >= 0.6 is 0 Å². The standard InChI is InChI=1S/C21H24N2O2/c1-3-22(4-2)14-15-23-18-13-9-8-12-17(18)20(24)19(21(23)25)16-10-6-5-7-11-16/h5-13,24H,3-4,14-15H2,1-2H3. The molecule has 1 N–H and O–H groups in total. The number of hydrogen-bond donors (Lipinski definition) is 1. The molecule has 0 spiro atoms. The van der Waals surface area contributed by atoms with Gasteiger partial charge in [-0.05, 0) is 30.8 Å². The summed E-state index contributed by atoms with van der Waals surface area (Å²) in [5.74, 6) is 0.0610. The number of aromatic nitrogens is 1. The maximum Gasteiger partial charge on any atom is 0.262 e. The number of fused-ring (bicyclic) bond motifs is 1. The van der Waals surface area contributed by atoms with Gasteiger partial charge < -0.3 is 14.6 Å². The van der Waals surface area contributed by atoms with Crippen LogP contribution in [0.1, 0.15) is 13.8 Å². The van der Waals surface area contributed by atoms with Gasteiger partial charge in [-0.15, -0.1) is 0 Å². The smallest absolute Gasteiger partial charge is 0.262 e. The zero-order chi connectivity index (χ0) is 17.8. The van der Waals surface area contributed by atoms with Crippen LogP contribution in [0, 0.1) is 0 Å². The lowest BCUT2D eigenvalue weighted by molar-refractivity contribution is 0.291. The normalized spacial score (nSPS) is 11.3. The predicted molar refractivity (Wildman–Crippen MR) is 103 cm³/mol. The largest absolute Gasteiger partial charge is 0.506 e. The number of likely N-dealkylation sites (N-methyl/N-ethyl adjacent to an activating group) is 1. The third-order valence-corrected chi connectivity index (χ3v) is 4.74. The van der Waals surface area contributed by atoms with Crippen molar-refractivity contribution in [3.05, 3.63) is 65.0 Å². The monoisotopic (exact) mass is 336 g/mol. The van der Waals surface area contributed by atoms with Crippen LogP contribution in [0.2, 0.25) is 0 Å². The Labute approximate surface area is 148 Å². The maximum atomic E-state index is 13.2. The summed E-state index contributed by atoms with van der Waals surface area (Å²) in [6.07, 6.45) is 0. The summed E-state index contributed by atoms with van der Waals surface area (Å²) in [5.41, 5.74) is 1.75. The Bertz CT molecular complexity index is 912. The number of benzene rings is 2. The van der Waals surface area contributed by atoms with Gasteiger partial charge in [0, 0.05) is 18.5 Å². The summed E-state index contributed by atoms with van der Waals surface area (Å²) < 4.78 is 1.79. The molecule has 25 heavy (non-hydrogen) atoms. The van der Waals surface area contributed by atoms with Crippen molar-refractivity contribution < 1.29 is 5.11 Å². The van der Waals surface area contributed by atoms with Crippen molar-refractivity contribution in [1.29, 1.82) is 0 Å². The molecule has 1 heterocycles. The average Bonchev–Trinajstić information content (AvgIpc) is 2.66. The zero-order valence-electron chi connectivity index (χ0n) is 14.8. The Morgan fingerprint density at radius 2 is 1.60 bits per heavy atom. The van der Waals surface area contributed by atoms with Gasteiger partial charge in [0.15, 0.2) is 0 Å². The fourth-order valence-electron chi connectivity index (χ4n) is 3.26. The van der Waals surface area contributed by atoms with Gasteiger partial charge in [-0.1, -0.05) is 56.3 Å². The van der Waals surface area contributed by atoms with E-state index in [0.717, 1.165) is 30.7 Å². The first-order valence-corrected chi connectivity index (χ1v) is 8.79. The van der Waals surface area contributed by atoms with Gasteiger partial charge in [0.05, 0.1) is 11.1 Å². The summed E-state index contributed by atoms with van der Waals surface area (Å²) in [4.78, 5) is 15.5. The second-order valence-corrected chi connectivity index (χ2v) is 6.09. The second kappa shape index (κ2) is 7.53. The Kier molecular flexibility index (Phi) is 5.19. The van der Waals surface area contributed by atoms with E-state index in [4.69, 9.17) is 0 Å². The van der Waals surface area contributed by atoms with E-state index >= 15 is 0 Å². The van der Waals surface area contributed by atoms with Crippen LogP contribution in [0.25, 0.3) is 22.0 Å². The minimum atomic E-state index is -0.144. The number of pyridine rings is 1. The van der Waals surface area contributed by atoms with Crippen LogP contribution in [0.4, 0.5) is 0 Å². The third kappa shape index (κ3) is 3.30. The first-order valence-electron chi connectivity index (χ1n) is 8.79. The molecule has 1 aromatic heterocycles. The van der Waals surface area contributed by atoms with Crippen molar-refractivity contribution in [1.82, 2.24) is 9.47 Å². The Hall–Kier alpha value is -2.59. The van der Waals surface area contributed by atoms with E-state index < -0.39 is 0 Å². The number of para-hydroxylation sites is 1. The van der Waals surface area contributed by atoms with E-state index in [-0.39, 0.29) is 11.3 Å². The van der Waals surface area contributed by atoms with E-state index in [2.05, 4.69) is 18.7 Å². The number of nitrogens with zero attached hydrogens (tertiary/aromatic N) is 2. The molecule has 0 aliphatic heterocycles. The van der Waals surface area contributed by atoms with Gasteiger partial charge in [-0.25, -0.2) is 0 Å². The number of rotatable bonds is 6. The molecule has 0 fully saturated rings. The van der Waals surface area contributed by atoms with E-state index in [1.165, 1.54) is 0 Å². The molecule has 3 aromatic rings. The Morgan fingerprint density at radius 3 is 2.28 bits per heavy atom. The van der Waals surface area contributed by atoms with E-state index in [0.29, 0.717) is 17.5 Å². The summed E-state index contributed by atoms with van der Waals surface area (Å²) >= 11 is 0. The molecule has 4 heteroatoms. The van der Waals surface area contributed by atoms with Crippen LogP contribution in [-0.2, 0) is 6.54 Å². The van der Waals surface area contributed by atoms with E-state index in [9.17, 15) is 9.90 Å². The van der Waals surface area contributed by atoms with Crippen LogP contribution in [0.5, 0.6) is 5.75 Å². The molecule has 0 saturated carbocycles. The molecular weight excluding hydrogens is 312 g/mol. The minimum Gasteiger partial charge on any atom is -0.506 e. The average molecular weight is 336 g/mol. The van der Waals surface area contributed by atoms with Gasteiger partial charge in [0.25, 0.3) is 5.56 Å². The Morgan fingerprint density at radius 1 is 0.960 bits per heavy atom. The first-order chi connectivity index (χ1) is 12.2. The van der Waals surface area contributed by atoms with Gasteiger partial charge >= 0.3 is 0 Å². The van der Waals surface area contributed by atoms with Gasteiger partial charge in [0.2, 0.25) is 0 Å². The lowest BCUT2D eigenvalue weighted by Gasteiger charge is -2.20. The maximum absolute atomic E-state index is 13.2.